The molecule has 2 atom stereocenters. The summed E-state index contributed by atoms with van der Waals surface area (Å²) >= 11 is 1.82. The highest BCUT2D eigenvalue weighted by Crippen LogP contribution is 2.19. The third-order valence-corrected chi connectivity index (χ3v) is 5.34. The lowest BCUT2D eigenvalue weighted by Crippen LogP contribution is -2.45. The van der Waals surface area contributed by atoms with Gasteiger partial charge in [-0.15, -0.1) is 35.3 Å². The van der Waals surface area contributed by atoms with Crippen molar-refractivity contribution < 1.29 is 0 Å². The predicted octanol–water partition coefficient (Wildman–Crippen LogP) is 3.12. The minimum atomic E-state index is 0. The molecule has 2 heterocycles. The second-order valence-corrected chi connectivity index (χ2v) is 6.65. The molecule has 126 valence electrons. The van der Waals surface area contributed by atoms with Gasteiger partial charge in [-0.3, -0.25) is 9.89 Å². The number of nitrogens with one attached hydrogen (secondary N) is 2. The van der Waals surface area contributed by atoms with Gasteiger partial charge in [0.25, 0.3) is 0 Å². The Bertz CT molecular complexity index is 435. The Hall–Kier alpha value is -0.340. The summed E-state index contributed by atoms with van der Waals surface area (Å²) in [7, 11) is 1.84. The average Bonchev–Trinajstić information content (AvgIpc) is 3.18. The molecule has 1 aliphatic rings. The number of likely N-dealkylation sites (N-methyl/N-ethyl adjacent to an activating group) is 1. The van der Waals surface area contributed by atoms with Crippen LogP contribution in [0.3, 0.4) is 0 Å². The van der Waals surface area contributed by atoms with Gasteiger partial charge in [0, 0.05) is 37.0 Å². The number of rotatable bonds is 6. The molecule has 22 heavy (non-hydrogen) atoms. The Kier molecular flexibility index (Phi) is 9.35. The Morgan fingerprint density at radius 1 is 1.50 bits per heavy atom. The van der Waals surface area contributed by atoms with Gasteiger partial charge < -0.3 is 10.6 Å². The van der Waals surface area contributed by atoms with Crippen LogP contribution in [0.15, 0.2) is 22.5 Å². The molecular weight excluding hydrogens is 407 g/mol. The van der Waals surface area contributed by atoms with Crippen molar-refractivity contribution in [1.29, 1.82) is 0 Å². The van der Waals surface area contributed by atoms with Gasteiger partial charge in [-0.25, -0.2) is 0 Å². The molecule has 0 aliphatic carbocycles. The number of nitrogens with zero attached hydrogens (tertiary/aromatic N) is 2. The maximum Gasteiger partial charge on any atom is 0.191 e. The van der Waals surface area contributed by atoms with Crippen molar-refractivity contribution in [2.75, 3.05) is 33.2 Å². The van der Waals surface area contributed by atoms with E-state index < -0.39 is 0 Å². The number of hydrogen-bond acceptors (Lipinski definition) is 3. The molecule has 4 nitrogen and oxygen atoms in total. The molecule has 0 amide bonds. The van der Waals surface area contributed by atoms with Crippen molar-refractivity contribution in [3.63, 3.8) is 0 Å². The molecule has 0 radical (unpaired) electrons. The highest BCUT2D eigenvalue weighted by Gasteiger charge is 2.22. The smallest absolute Gasteiger partial charge is 0.191 e. The molecule has 0 saturated carbocycles. The van der Waals surface area contributed by atoms with E-state index in [1.54, 1.807) is 0 Å². The van der Waals surface area contributed by atoms with Crippen LogP contribution < -0.4 is 10.6 Å². The molecule has 0 aromatic carbocycles. The zero-order chi connectivity index (χ0) is 15.1. The van der Waals surface area contributed by atoms with Crippen molar-refractivity contribution in [2.45, 2.75) is 38.6 Å². The van der Waals surface area contributed by atoms with E-state index in [1.165, 1.54) is 24.3 Å². The first-order valence-corrected chi connectivity index (χ1v) is 8.84. The number of hydrogen-bond donors (Lipinski definition) is 2. The third-order valence-electron chi connectivity index (χ3n) is 4.24. The van der Waals surface area contributed by atoms with Crippen LogP contribution >= 0.6 is 35.3 Å². The van der Waals surface area contributed by atoms with Crippen LogP contribution in [0, 0.1) is 0 Å². The fourth-order valence-electron chi connectivity index (χ4n) is 2.90. The van der Waals surface area contributed by atoms with E-state index in [0.29, 0.717) is 12.0 Å². The number of likely N-dealkylation sites (tertiary alicyclic amines) is 1. The lowest BCUT2D eigenvalue weighted by Gasteiger charge is -2.24. The lowest BCUT2D eigenvalue weighted by atomic mass is 10.1. The van der Waals surface area contributed by atoms with Crippen LogP contribution in [0.25, 0.3) is 0 Å². The highest BCUT2D eigenvalue weighted by atomic mass is 127. The Morgan fingerprint density at radius 2 is 2.32 bits per heavy atom. The second-order valence-electron chi connectivity index (χ2n) is 5.68. The summed E-state index contributed by atoms with van der Waals surface area (Å²) in [5.41, 5.74) is 0. The average molecular weight is 436 g/mol. The first-order valence-electron chi connectivity index (χ1n) is 7.96. The maximum atomic E-state index is 4.33. The summed E-state index contributed by atoms with van der Waals surface area (Å²) in [6.45, 7) is 8.79. The molecule has 1 saturated heterocycles. The van der Waals surface area contributed by atoms with E-state index in [-0.39, 0.29) is 24.0 Å². The van der Waals surface area contributed by atoms with E-state index in [4.69, 9.17) is 0 Å². The fourth-order valence-corrected chi connectivity index (χ4v) is 3.69. The summed E-state index contributed by atoms with van der Waals surface area (Å²) < 4.78 is 0. The van der Waals surface area contributed by atoms with Crippen molar-refractivity contribution in [1.82, 2.24) is 15.5 Å². The Balaban J connectivity index is 0.00000242. The Labute approximate surface area is 155 Å². The molecule has 1 aliphatic heterocycles. The SMILES string of the molecule is CCN1CCCC1CNC(=NC)NCC(C)c1cccs1.I. The van der Waals surface area contributed by atoms with Crippen LogP contribution in [0.4, 0.5) is 0 Å². The largest absolute Gasteiger partial charge is 0.356 e. The molecule has 0 bridgehead atoms. The maximum absolute atomic E-state index is 4.33. The van der Waals surface area contributed by atoms with E-state index in [2.05, 4.69) is 51.9 Å². The zero-order valence-electron chi connectivity index (χ0n) is 13.8. The molecule has 6 heteroatoms. The van der Waals surface area contributed by atoms with Crippen molar-refractivity contribution in [3.05, 3.63) is 22.4 Å². The van der Waals surface area contributed by atoms with Crippen LogP contribution in [-0.2, 0) is 0 Å². The van der Waals surface area contributed by atoms with Crippen molar-refractivity contribution in [2.24, 2.45) is 4.99 Å². The van der Waals surface area contributed by atoms with E-state index >= 15 is 0 Å². The normalized spacial score (nSPS) is 20.5. The number of aliphatic imine (C=N–C) groups is 1. The molecule has 2 unspecified atom stereocenters. The summed E-state index contributed by atoms with van der Waals surface area (Å²) in [5.74, 6) is 1.43. The van der Waals surface area contributed by atoms with E-state index in [9.17, 15) is 0 Å². The van der Waals surface area contributed by atoms with Crippen LogP contribution in [-0.4, -0.2) is 50.1 Å². The van der Waals surface area contributed by atoms with Crippen LogP contribution in [0.5, 0.6) is 0 Å². The minimum absolute atomic E-state index is 0. The van der Waals surface area contributed by atoms with Crippen LogP contribution in [0.1, 0.15) is 37.5 Å². The first-order chi connectivity index (χ1) is 10.2. The van der Waals surface area contributed by atoms with Gasteiger partial charge >= 0.3 is 0 Å². The lowest BCUT2D eigenvalue weighted by molar-refractivity contribution is 0.267. The van der Waals surface area contributed by atoms with Gasteiger partial charge in [0.1, 0.15) is 0 Å². The Morgan fingerprint density at radius 3 is 2.95 bits per heavy atom. The molecule has 0 spiro atoms. The van der Waals surface area contributed by atoms with Crippen molar-refractivity contribution in [3.8, 4) is 0 Å². The van der Waals surface area contributed by atoms with E-state index in [1.807, 2.05) is 18.4 Å². The molecule has 1 fully saturated rings. The standard InChI is InChI=1S/C16H28N4S.HI/c1-4-20-9-5-7-14(20)12-19-16(17-3)18-11-13(2)15-8-6-10-21-15;/h6,8,10,13-14H,4-5,7,9,11-12H2,1-3H3,(H2,17,18,19);1H. The number of thiophene rings is 1. The van der Waals surface area contributed by atoms with Gasteiger partial charge in [-0.2, -0.15) is 0 Å². The summed E-state index contributed by atoms with van der Waals surface area (Å²) in [4.78, 5) is 8.30. The summed E-state index contributed by atoms with van der Waals surface area (Å²) in [5, 5.41) is 9.06. The molecular formula is C16H29IN4S. The van der Waals surface area contributed by atoms with Gasteiger partial charge in [0.2, 0.25) is 0 Å². The minimum Gasteiger partial charge on any atom is -0.356 e. The monoisotopic (exact) mass is 436 g/mol. The number of guanidine groups is 1. The third kappa shape index (κ3) is 5.70. The molecule has 2 rings (SSSR count). The fraction of sp³-hybridized carbons (Fsp3) is 0.688. The van der Waals surface area contributed by atoms with Crippen molar-refractivity contribution >= 4 is 41.3 Å². The van der Waals surface area contributed by atoms with Gasteiger partial charge in [-0.1, -0.05) is 19.9 Å². The molecule has 2 N–H and O–H groups in total. The molecule has 1 aromatic rings. The van der Waals surface area contributed by atoms with Gasteiger partial charge in [-0.05, 0) is 37.4 Å². The van der Waals surface area contributed by atoms with E-state index in [0.717, 1.165) is 25.6 Å². The quantitative estimate of drug-likeness (QED) is 0.409. The summed E-state index contributed by atoms with van der Waals surface area (Å²) in [6, 6.07) is 4.97. The predicted molar refractivity (Wildman–Crippen MR) is 108 cm³/mol. The summed E-state index contributed by atoms with van der Waals surface area (Å²) in [6.07, 6.45) is 2.62. The zero-order valence-corrected chi connectivity index (χ0v) is 17.0. The van der Waals surface area contributed by atoms with Crippen LogP contribution in [0.2, 0.25) is 0 Å². The first kappa shape index (κ1) is 19.7. The topological polar surface area (TPSA) is 39.7 Å². The molecule has 1 aromatic heterocycles. The second kappa shape index (κ2) is 10.4. The number of halogens is 1. The van der Waals surface area contributed by atoms with Gasteiger partial charge in [0.15, 0.2) is 5.96 Å². The van der Waals surface area contributed by atoms with Gasteiger partial charge in [0.05, 0.1) is 0 Å². The highest BCUT2D eigenvalue weighted by molar-refractivity contribution is 14.0.